The highest BCUT2D eigenvalue weighted by molar-refractivity contribution is 6.39. The van der Waals surface area contributed by atoms with Crippen LogP contribution in [0.15, 0.2) is 18.6 Å². The van der Waals surface area contributed by atoms with Gasteiger partial charge in [0, 0.05) is 25.9 Å². The van der Waals surface area contributed by atoms with Crippen molar-refractivity contribution in [3.8, 4) is 0 Å². The van der Waals surface area contributed by atoms with Crippen molar-refractivity contribution in [3.05, 3.63) is 45.5 Å². The van der Waals surface area contributed by atoms with Crippen LogP contribution in [0, 0.1) is 5.41 Å². The SMILES string of the molecule is COC1(C(CC(=O)c2c(Cl)cncc2Cl)NC(=O)c2cnn(C3CCC(C)(C(=O)O)CC3)c2C(F)(F)F)CCCCC1. The minimum Gasteiger partial charge on any atom is -0.481 e. The summed E-state index contributed by atoms with van der Waals surface area (Å²) in [7, 11) is 1.45. The lowest BCUT2D eigenvalue weighted by Crippen LogP contribution is -2.55. The lowest BCUT2D eigenvalue weighted by molar-refractivity contribution is -0.152. The molecule has 4 rings (SSSR count). The monoisotopic (exact) mass is 632 g/mol. The van der Waals surface area contributed by atoms with Crippen LogP contribution in [0.5, 0.6) is 0 Å². The Morgan fingerprint density at radius 2 is 1.69 bits per heavy atom. The van der Waals surface area contributed by atoms with Crippen LogP contribution in [0.3, 0.4) is 0 Å². The summed E-state index contributed by atoms with van der Waals surface area (Å²) in [5.41, 5.74) is -3.94. The number of aromatic nitrogens is 3. The first-order chi connectivity index (χ1) is 19.7. The van der Waals surface area contributed by atoms with Crippen molar-refractivity contribution in [2.24, 2.45) is 5.41 Å². The number of ether oxygens (including phenoxy) is 1. The van der Waals surface area contributed by atoms with E-state index in [4.69, 9.17) is 27.9 Å². The van der Waals surface area contributed by atoms with E-state index >= 15 is 0 Å². The second-order valence-corrected chi connectivity index (χ2v) is 12.2. The summed E-state index contributed by atoms with van der Waals surface area (Å²) in [6.45, 7) is 1.57. The van der Waals surface area contributed by atoms with Gasteiger partial charge in [-0.15, -0.1) is 0 Å². The molecule has 2 aromatic heterocycles. The molecule has 230 valence electrons. The molecular weight excluding hydrogens is 600 g/mol. The Morgan fingerprint density at radius 1 is 1.10 bits per heavy atom. The number of hydrogen-bond donors (Lipinski definition) is 2. The van der Waals surface area contributed by atoms with Gasteiger partial charge in [-0.1, -0.05) is 42.5 Å². The normalized spacial score (nSPS) is 23.3. The van der Waals surface area contributed by atoms with Crippen LogP contribution in [0.25, 0.3) is 0 Å². The Kier molecular flexibility index (Phi) is 9.59. The molecule has 0 bridgehead atoms. The zero-order chi connectivity index (χ0) is 30.9. The van der Waals surface area contributed by atoms with E-state index < -0.39 is 58.2 Å². The fourth-order valence-electron chi connectivity index (χ4n) is 6.20. The third kappa shape index (κ3) is 6.45. The number of methoxy groups -OCH3 is 1. The number of carboxylic acid groups (broad SMARTS) is 1. The number of carboxylic acids is 1. The van der Waals surface area contributed by atoms with E-state index in [2.05, 4.69) is 15.4 Å². The number of pyridine rings is 1. The lowest BCUT2D eigenvalue weighted by atomic mass is 9.74. The second-order valence-electron chi connectivity index (χ2n) is 11.4. The Hall–Kier alpha value is -2.70. The first-order valence-electron chi connectivity index (χ1n) is 13.8. The maximum absolute atomic E-state index is 14.4. The molecule has 1 atom stereocenters. The molecule has 2 aliphatic carbocycles. The zero-order valence-corrected chi connectivity index (χ0v) is 24.8. The number of ketones is 1. The summed E-state index contributed by atoms with van der Waals surface area (Å²) < 4.78 is 50.0. The van der Waals surface area contributed by atoms with Crippen molar-refractivity contribution >= 4 is 40.9 Å². The summed E-state index contributed by atoms with van der Waals surface area (Å²) in [5, 5.41) is 16.2. The quantitative estimate of drug-likeness (QED) is 0.301. The molecule has 42 heavy (non-hydrogen) atoms. The molecule has 0 aromatic carbocycles. The molecule has 1 unspecified atom stereocenters. The van der Waals surface area contributed by atoms with E-state index in [-0.39, 0.29) is 47.7 Å². The minimum atomic E-state index is -4.93. The standard InChI is InChI=1S/C28H33Cl2F3N4O5/c1-26(25(40)41)10-6-16(7-11-26)37-23(28(31,32)33)17(13-35-37)24(39)36-21(27(42-2)8-4-3-5-9-27)12-20(38)22-18(29)14-34-15-19(22)30/h13-16,21H,3-12H2,1-2H3,(H,36,39)(H,40,41). The number of nitrogens with zero attached hydrogens (tertiary/aromatic N) is 3. The molecule has 0 spiro atoms. The van der Waals surface area contributed by atoms with Gasteiger partial charge in [-0.2, -0.15) is 18.3 Å². The summed E-state index contributed by atoms with van der Waals surface area (Å²) in [6, 6.07) is -1.73. The highest BCUT2D eigenvalue weighted by atomic mass is 35.5. The number of halogens is 5. The van der Waals surface area contributed by atoms with E-state index in [0.717, 1.165) is 30.1 Å². The fraction of sp³-hybridized carbons (Fsp3) is 0.607. The molecule has 9 nitrogen and oxygen atoms in total. The molecule has 2 heterocycles. The number of Topliss-reactive ketones (excluding diaryl/α,β-unsaturated/α-hetero) is 1. The third-order valence-electron chi connectivity index (χ3n) is 8.80. The van der Waals surface area contributed by atoms with E-state index in [1.54, 1.807) is 6.92 Å². The van der Waals surface area contributed by atoms with Crippen LogP contribution < -0.4 is 5.32 Å². The summed E-state index contributed by atoms with van der Waals surface area (Å²) in [5.74, 6) is -2.57. The minimum absolute atomic E-state index is 0.00380. The van der Waals surface area contributed by atoms with Crippen LogP contribution in [-0.2, 0) is 15.7 Å². The predicted octanol–water partition coefficient (Wildman–Crippen LogP) is 6.53. The number of nitrogens with one attached hydrogen (secondary N) is 1. The van der Waals surface area contributed by atoms with Crippen LogP contribution in [0.4, 0.5) is 13.2 Å². The van der Waals surface area contributed by atoms with Gasteiger partial charge in [-0.3, -0.25) is 24.0 Å². The second kappa shape index (κ2) is 12.5. The molecule has 2 fully saturated rings. The Balaban J connectivity index is 1.66. The maximum atomic E-state index is 14.4. The van der Waals surface area contributed by atoms with Gasteiger partial charge in [-0.25, -0.2) is 0 Å². The van der Waals surface area contributed by atoms with Gasteiger partial charge in [0.2, 0.25) is 0 Å². The van der Waals surface area contributed by atoms with Crippen molar-refractivity contribution in [1.82, 2.24) is 20.1 Å². The molecule has 2 aliphatic rings. The average Bonchev–Trinajstić information content (AvgIpc) is 3.40. The van der Waals surface area contributed by atoms with Gasteiger partial charge in [-0.05, 0) is 45.4 Å². The first kappa shape index (κ1) is 32.2. The molecule has 1 amide bonds. The highest BCUT2D eigenvalue weighted by Crippen LogP contribution is 2.44. The van der Waals surface area contributed by atoms with Crippen LogP contribution in [-0.4, -0.2) is 56.3 Å². The van der Waals surface area contributed by atoms with E-state index in [1.165, 1.54) is 19.5 Å². The van der Waals surface area contributed by atoms with E-state index in [0.29, 0.717) is 12.8 Å². The molecule has 2 aromatic rings. The number of alkyl halides is 3. The molecule has 2 N–H and O–H groups in total. The van der Waals surface area contributed by atoms with Crippen molar-refractivity contribution in [3.63, 3.8) is 0 Å². The zero-order valence-electron chi connectivity index (χ0n) is 23.3. The van der Waals surface area contributed by atoms with E-state index in [1.807, 2.05) is 0 Å². The average molecular weight is 633 g/mol. The Morgan fingerprint density at radius 3 is 2.21 bits per heavy atom. The molecule has 2 saturated carbocycles. The smallest absolute Gasteiger partial charge is 0.433 e. The Bertz CT molecular complexity index is 1320. The fourth-order valence-corrected chi connectivity index (χ4v) is 6.78. The number of rotatable bonds is 9. The van der Waals surface area contributed by atoms with Gasteiger partial charge in [0.25, 0.3) is 5.91 Å². The maximum Gasteiger partial charge on any atom is 0.433 e. The largest absolute Gasteiger partial charge is 0.481 e. The topological polar surface area (TPSA) is 123 Å². The van der Waals surface area contributed by atoms with Crippen molar-refractivity contribution in [2.45, 2.75) is 95.0 Å². The van der Waals surface area contributed by atoms with Crippen LogP contribution in [0.1, 0.15) is 104 Å². The summed E-state index contributed by atoms with van der Waals surface area (Å²) in [6.07, 6.45) is 2.17. The summed E-state index contributed by atoms with van der Waals surface area (Å²) in [4.78, 5) is 42.5. The van der Waals surface area contributed by atoms with Gasteiger partial charge in [0.15, 0.2) is 11.5 Å². The van der Waals surface area contributed by atoms with Crippen molar-refractivity contribution in [1.29, 1.82) is 0 Å². The van der Waals surface area contributed by atoms with Crippen LogP contribution in [0.2, 0.25) is 10.0 Å². The highest BCUT2D eigenvalue weighted by Gasteiger charge is 2.47. The molecule has 0 aliphatic heterocycles. The third-order valence-corrected chi connectivity index (χ3v) is 9.37. The molecule has 0 saturated heterocycles. The molecule has 14 heteroatoms. The summed E-state index contributed by atoms with van der Waals surface area (Å²) >= 11 is 12.4. The number of aliphatic carboxylic acids is 1. The number of carbonyl (C=O) groups is 3. The Labute approximate surface area is 251 Å². The van der Waals surface area contributed by atoms with Crippen molar-refractivity contribution in [2.75, 3.05) is 7.11 Å². The van der Waals surface area contributed by atoms with Gasteiger partial charge >= 0.3 is 12.1 Å². The van der Waals surface area contributed by atoms with Gasteiger partial charge in [0.1, 0.15) is 0 Å². The first-order valence-corrected chi connectivity index (χ1v) is 14.5. The predicted molar refractivity (Wildman–Crippen MR) is 148 cm³/mol. The molecule has 0 radical (unpaired) electrons. The van der Waals surface area contributed by atoms with Gasteiger partial charge in [0.05, 0.1) is 50.5 Å². The van der Waals surface area contributed by atoms with Gasteiger partial charge < -0.3 is 15.2 Å². The number of hydrogen-bond acceptors (Lipinski definition) is 6. The molecular formula is C28H33Cl2F3N4O5. The number of amides is 1. The van der Waals surface area contributed by atoms with Crippen molar-refractivity contribution < 1.29 is 37.4 Å². The van der Waals surface area contributed by atoms with Crippen LogP contribution >= 0.6 is 23.2 Å². The van der Waals surface area contributed by atoms with E-state index in [9.17, 15) is 32.7 Å². The number of carbonyl (C=O) groups excluding carboxylic acids is 2. The lowest BCUT2D eigenvalue weighted by Gasteiger charge is -2.42.